The number of aromatic nitrogens is 1. The van der Waals surface area contributed by atoms with Crippen molar-refractivity contribution in [1.82, 2.24) is 4.98 Å². The van der Waals surface area contributed by atoms with E-state index in [0.717, 1.165) is 33.6 Å². The fraction of sp³-hybridized carbons (Fsp3) is 0.0800. The molecular formula is C25H20FN. The van der Waals surface area contributed by atoms with E-state index in [1.165, 1.54) is 17.2 Å². The maximum atomic E-state index is 13.8. The van der Waals surface area contributed by atoms with Crippen LogP contribution < -0.4 is 0 Å². The van der Waals surface area contributed by atoms with Gasteiger partial charge in [0.1, 0.15) is 5.82 Å². The molecule has 0 amide bonds. The summed E-state index contributed by atoms with van der Waals surface area (Å²) in [5.41, 5.74) is 8.06. The van der Waals surface area contributed by atoms with Gasteiger partial charge >= 0.3 is 0 Å². The highest BCUT2D eigenvalue weighted by atomic mass is 19.1. The van der Waals surface area contributed by atoms with Gasteiger partial charge in [-0.3, -0.25) is 0 Å². The van der Waals surface area contributed by atoms with Crippen LogP contribution in [0.5, 0.6) is 0 Å². The largest absolute Gasteiger partial charge is 0.248 e. The SMILES string of the molecule is Cc1cccc(-c2cc(-c3cccc(F)c3)cc(-c3cccc(C)c3)n2)c1. The maximum Gasteiger partial charge on any atom is 0.123 e. The van der Waals surface area contributed by atoms with Crippen molar-refractivity contribution in [2.45, 2.75) is 13.8 Å². The minimum atomic E-state index is -0.237. The average Bonchev–Trinajstić information content (AvgIpc) is 2.68. The highest BCUT2D eigenvalue weighted by Gasteiger charge is 2.10. The topological polar surface area (TPSA) is 12.9 Å². The standard InChI is InChI=1S/C25H20FN/c1-17-6-3-9-20(12-17)24-15-22(19-8-5-11-23(26)14-19)16-25(27-24)21-10-4-7-18(2)13-21/h3-16H,1-2H3. The van der Waals surface area contributed by atoms with E-state index in [1.807, 2.05) is 30.3 Å². The molecule has 0 spiro atoms. The van der Waals surface area contributed by atoms with Crippen molar-refractivity contribution in [2.24, 2.45) is 0 Å². The van der Waals surface area contributed by atoms with Crippen LogP contribution in [0.4, 0.5) is 4.39 Å². The fourth-order valence-corrected chi connectivity index (χ4v) is 3.27. The molecule has 0 radical (unpaired) electrons. The summed E-state index contributed by atoms with van der Waals surface area (Å²) in [6.45, 7) is 4.14. The van der Waals surface area contributed by atoms with Gasteiger partial charge in [-0.2, -0.15) is 0 Å². The van der Waals surface area contributed by atoms with Crippen molar-refractivity contribution in [2.75, 3.05) is 0 Å². The summed E-state index contributed by atoms with van der Waals surface area (Å²) < 4.78 is 13.8. The number of benzene rings is 3. The van der Waals surface area contributed by atoms with Crippen LogP contribution >= 0.6 is 0 Å². The Bertz CT molecular complexity index is 961. The molecule has 1 heterocycles. The molecule has 2 heteroatoms. The highest BCUT2D eigenvalue weighted by Crippen LogP contribution is 2.31. The molecule has 1 nitrogen and oxygen atoms in total. The van der Waals surface area contributed by atoms with E-state index in [2.05, 4.69) is 50.2 Å². The van der Waals surface area contributed by atoms with Crippen molar-refractivity contribution >= 4 is 0 Å². The molecule has 1 aromatic heterocycles. The monoisotopic (exact) mass is 353 g/mol. The third kappa shape index (κ3) is 3.80. The molecule has 0 N–H and O–H groups in total. The van der Waals surface area contributed by atoms with Crippen molar-refractivity contribution in [3.8, 4) is 33.6 Å². The van der Waals surface area contributed by atoms with Crippen LogP contribution in [-0.2, 0) is 0 Å². The molecule has 0 aliphatic heterocycles. The molecule has 27 heavy (non-hydrogen) atoms. The second-order valence-corrected chi connectivity index (χ2v) is 6.88. The second-order valence-electron chi connectivity index (χ2n) is 6.88. The summed E-state index contributed by atoms with van der Waals surface area (Å²) >= 11 is 0. The van der Waals surface area contributed by atoms with E-state index in [4.69, 9.17) is 4.98 Å². The van der Waals surface area contributed by atoms with Crippen LogP contribution in [0.3, 0.4) is 0 Å². The van der Waals surface area contributed by atoms with Gasteiger partial charge in [-0.1, -0.05) is 59.7 Å². The second kappa shape index (κ2) is 7.16. The summed E-state index contributed by atoms with van der Waals surface area (Å²) in [7, 11) is 0. The predicted octanol–water partition coefficient (Wildman–Crippen LogP) is 6.84. The fourth-order valence-electron chi connectivity index (χ4n) is 3.27. The summed E-state index contributed by atoms with van der Waals surface area (Å²) in [6, 6.07) is 27.3. The maximum absolute atomic E-state index is 13.8. The normalized spacial score (nSPS) is 10.8. The first-order chi connectivity index (χ1) is 13.1. The summed E-state index contributed by atoms with van der Waals surface area (Å²) in [6.07, 6.45) is 0. The van der Waals surface area contributed by atoms with Gasteiger partial charge in [0.25, 0.3) is 0 Å². The molecule has 0 aliphatic carbocycles. The molecule has 0 aliphatic rings. The molecular weight excluding hydrogens is 333 g/mol. The molecule has 0 atom stereocenters. The molecule has 0 saturated heterocycles. The third-order valence-electron chi connectivity index (χ3n) is 4.61. The zero-order chi connectivity index (χ0) is 18.8. The number of aryl methyl sites for hydroxylation is 2. The van der Waals surface area contributed by atoms with E-state index >= 15 is 0 Å². The van der Waals surface area contributed by atoms with E-state index in [1.54, 1.807) is 12.1 Å². The van der Waals surface area contributed by atoms with Gasteiger partial charge in [-0.15, -0.1) is 0 Å². The van der Waals surface area contributed by atoms with Gasteiger partial charge in [0.05, 0.1) is 11.4 Å². The predicted molar refractivity (Wildman–Crippen MR) is 110 cm³/mol. The van der Waals surface area contributed by atoms with Gasteiger partial charge in [-0.25, -0.2) is 9.37 Å². The smallest absolute Gasteiger partial charge is 0.123 e. The minimum absolute atomic E-state index is 0.237. The van der Waals surface area contributed by atoms with Crippen LogP contribution in [0.1, 0.15) is 11.1 Å². The third-order valence-corrected chi connectivity index (χ3v) is 4.61. The van der Waals surface area contributed by atoms with E-state index in [-0.39, 0.29) is 5.82 Å². The van der Waals surface area contributed by atoms with E-state index in [0.29, 0.717) is 0 Å². The average molecular weight is 353 g/mol. The van der Waals surface area contributed by atoms with Crippen molar-refractivity contribution in [3.05, 3.63) is 102 Å². The lowest BCUT2D eigenvalue weighted by Crippen LogP contribution is -1.92. The Labute approximate surface area is 159 Å². The van der Waals surface area contributed by atoms with Crippen molar-refractivity contribution in [1.29, 1.82) is 0 Å². The first-order valence-corrected chi connectivity index (χ1v) is 9.00. The molecule has 3 aromatic carbocycles. The zero-order valence-corrected chi connectivity index (χ0v) is 15.4. The Morgan fingerprint density at radius 3 is 1.59 bits per heavy atom. The van der Waals surface area contributed by atoms with Gasteiger partial charge < -0.3 is 0 Å². The Morgan fingerprint density at radius 1 is 0.556 bits per heavy atom. The summed E-state index contributed by atoms with van der Waals surface area (Å²) in [5.74, 6) is -0.237. The molecule has 4 aromatic rings. The number of hydrogen-bond acceptors (Lipinski definition) is 1. The van der Waals surface area contributed by atoms with Crippen LogP contribution in [-0.4, -0.2) is 4.98 Å². The quantitative estimate of drug-likeness (QED) is 0.393. The van der Waals surface area contributed by atoms with Crippen LogP contribution in [0.25, 0.3) is 33.6 Å². The Balaban J connectivity index is 1.94. The lowest BCUT2D eigenvalue weighted by molar-refractivity contribution is 0.628. The Kier molecular flexibility index (Phi) is 4.55. The Morgan fingerprint density at radius 2 is 1.07 bits per heavy atom. The molecule has 4 rings (SSSR count). The number of pyridine rings is 1. The van der Waals surface area contributed by atoms with Gasteiger partial charge in [0, 0.05) is 11.1 Å². The van der Waals surface area contributed by atoms with Crippen molar-refractivity contribution in [3.63, 3.8) is 0 Å². The molecule has 0 bridgehead atoms. The van der Waals surface area contributed by atoms with Gasteiger partial charge in [0.2, 0.25) is 0 Å². The number of nitrogens with zero attached hydrogens (tertiary/aromatic N) is 1. The molecule has 0 saturated carbocycles. The van der Waals surface area contributed by atoms with Gasteiger partial charge in [0.15, 0.2) is 0 Å². The number of halogens is 1. The van der Waals surface area contributed by atoms with Crippen molar-refractivity contribution < 1.29 is 4.39 Å². The highest BCUT2D eigenvalue weighted by molar-refractivity contribution is 5.76. The molecule has 0 unspecified atom stereocenters. The van der Waals surface area contributed by atoms with E-state index < -0.39 is 0 Å². The zero-order valence-electron chi connectivity index (χ0n) is 15.4. The lowest BCUT2D eigenvalue weighted by atomic mass is 9.99. The van der Waals surface area contributed by atoms with Crippen LogP contribution in [0.15, 0.2) is 84.9 Å². The minimum Gasteiger partial charge on any atom is -0.248 e. The summed E-state index contributed by atoms with van der Waals surface area (Å²) in [5, 5.41) is 0. The van der Waals surface area contributed by atoms with Crippen LogP contribution in [0.2, 0.25) is 0 Å². The molecule has 132 valence electrons. The first kappa shape index (κ1) is 17.2. The number of hydrogen-bond donors (Lipinski definition) is 0. The molecule has 0 fully saturated rings. The number of rotatable bonds is 3. The summed E-state index contributed by atoms with van der Waals surface area (Å²) in [4.78, 5) is 4.91. The van der Waals surface area contributed by atoms with Crippen LogP contribution in [0, 0.1) is 19.7 Å². The Hall–Kier alpha value is -3.26. The van der Waals surface area contributed by atoms with E-state index in [9.17, 15) is 4.39 Å². The van der Waals surface area contributed by atoms with Gasteiger partial charge in [-0.05, 0) is 61.4 Å². The lowest BCUT2D eigenvalue weighted by Gasteiger charge is -2.11. The first-order valence-electron chi connectivity index (χ1n) is 9.00.